The van der Waals surface area contributed by atoms with Gasteiger partial charge in [0.25, 0.3) is 0 Å². The maximum atomic E-state index is 11.8. The summed E-state index contributed by atoms with van der Waals surface area (Å²) in [6.07, 6.45) is 0. The van der Waals surface area contributed by atoms with Gasteiger partial charge in [-0.15, -0.1) is 0 Å². The number of nitrogens with one attached hydrogen (secondary N) is 1. The van der Waals surface area contributed by atoms with Crippen LogP contribution in [0.4, 0.5) is 5.69 Å². The van der Waals surface area contributed by atoms with E-state index in [9.17, 15) is 9.59 Å². The van der Waals surface area contributed by atoms with Crippen molar-refractivity contribution in [3.63, 3.8) is 0 Å². The molecule has 0 heterocycles. The Bertz CT molecular complexity index is 456. The number of hydrogen-bond acceptors (Lipinski definition) is 2. The van der Waals surface area contributed by atoms with Crippen molar-refractivity contribution in [1.82, 2.24) is 0 Å². The summed E-state index contributed by atoms with van der Waals surface area (Å²) in [6, 6.07) is 4.63. The van der Waals surface area contributed by atoms with Gasteiger partial charge in [0.1, 0.15) is 0 Å². The molecule has 0 saturated carbocycles. The van der Waals surface area contributed by atoms with Gasteiger partial charge < -0.3 is 10.4 Å². The van der Waals surface area contributed by atoms with Gasteiger partial charge >= 0.3 is 5.97 Å². The lowest BCUT2D eigenvalue weighted by Gasteiger charge is -2.16. The highest BCUT2D eigenvalue weighted by Gasteiger charge is 2.25. The number of benzene rings is 1. The number of carbonyl (C=O) groups excluding carboxylic acids is 1. The minimum atomic E-state index is -1.01. The number of aliphatic carboxylic acids is 1. The highest BCUT2D eigenvalue weighted by Crippen LogP contribution is 2.23. The third-order valence-corrected chi connectivity index (χ3v) is 3.12. The van der Waals surface area contributed by atoms with Crippen LogP contribution in [0.25, 0.3) is 0 Å². The summed E-state index contributed by atoms with van der Waals surface area (Å²) in [5, 5.41) is 12.2. The van der Waals surface area contributed by atoms with Crippen LogP contribution in [0.2, 0.25) is 10.0 Å². The normalized spacial score (nSPS) is 13.8. The van der Waals surface area contributed by atoms with E-state index in [-0.39, 0.29) is 5.91 Å². The molecule has 6 heteroatoms. The van der Waals surface area contributed by atoms with Gasteiger partial charge in [0, 0.05) is 21.7 Å². The van der Waals surface area contributed by atoms with Gasteiger partial charge in [-0.25, -0.2) is 0 Å². The van der Waals surface area contributed by atoms with Gasteiger partial charge in [-0.1, -0.05) is 37.0 Å². The summed E-state index contributed by atoms with van der Waals surface area (Å²) in [5.41, 5.74) is 0.446. The van der Waals surface area contributed by atoms with Crippen LogP contribution >= 0.6 is 23.2 Å². The number of halogens is 2. The van der Waals surface area contributed by atoms with Crippen LogP contribution in [0.15, 0.2) is 18.2 Å². The molecular weight excluding hydrogens is 277 g/mol. The predicted molar refractivity (Wildman–Crippen MR) is 71.1 cm³/mol. The number of carboxylic acid groups (broad SMARTS) is 1. The van der Waals surface area contributed by atoms with Crippen LogP contribution in [0.5, 0.6) is 0 Å². The first-order chi connectivity index (χ1) is 8.31. The molecule has 4 nitrogen and oxygen atoms in total. The second-order valence-electron chi connectivity index (χ2n) is 4.06. The Labute approximate surface area is 115 Å². The lowest BCUT2D eigenvalue weighted by atomic mass is 9.95. The van der Waals surface area contributed by atoms with Crippen LogP contribution in [-0.4, -0.2) is 17.0 Å². The Balaban J connectivity index is 2.78. The van der Waals surface area contributed by atoms with Gasteiger partial charge in [-0.05, 0) is 18.2 Å². The van der Waals surface area contributed by atoms with Crippen LogP contribution < -0.4 is 5.32 Å². The first-order valence-electron chi connectivity index (χ1n) is 5.31. The van der Waals surface area contributed by atoms with E-state index in [0.717, 1.165) is 0 Å². The van der Waals surface area contributed by atoms with Gasteiger partial charge in [-0.3, -0.25) is 9.59 Å². The molecular formula is C12H13Cl2NO3. The first-order valence-corrected chi connectivity index (χ1v) is 6.06. The predicted octanol–water partition coefficient (Wildman–Crippen LogP) is 3.29. The maximum Gasteiger partial charge on any atom is 0.307 e. The molecule has 2 unspecified atom stereocenters. The van der Waals surface area contributed by atoms with Crippen LogP contribution in [0.3, 0.4) is 0 Å². The molecule has 0 aliphatic rings. The Morgan fingerprint density at radius 1 is 1.11 bits per heavy atom. The van der Waals surface area contributed by atoms with Crippen molar-refractivity contribution < 1.29 is 14.7 Å². The summed E-state index contributed by atoms with van der Waals surface area (Å²) in [6.45, 7) is 3.04. The van der Waals surface area contributed by atoms with E-state index in [4.69, 9.17) is 28.3 Å². The van der Waals surface area contributed by atoms with E-state index >= 15 is 0 Å². The Morgan fingerprint density at radius 2 is 1.61 bits per heavy atom. The van der Waals surface area contributed by atoms with Crippen molar-refractivity contribution in [2.24, 2.45) is 11.8 Å². The highest BCUT2D eigenvalue weighted by atomic mass is 35.5. The number of rotatable bonds is 4. The van der Waals surface area contributed by atoms with E-state index in [1.54, 1.807) is 25.1 Å². The second-order valence-corrected chi connectivity index (χ2v) is 4.94. The molecule has 2 atom stereocenters. The standard InChI is InChI=1S/C12H13Cl2NO3/c1-6(7(2)12(17)18)11(16)15-10-4-8(13)3-9(14)5-10/h3-7H,1-2H3,(H,15,16)(H,17,18). The molecule has 0 saturated heterocycles. The average molecular weight is 290 g/mol. The van der Waals surface area contributed by atoms with Crippen molar-refractivity contribution in [3.8, 4) is 0 Å². The average Bonchev–Trinajstić information content (AvgIpc) is 2.25. The van der Waals surface area contributed by atoms with Crippen molar-refractivity contribution in [2.45, 2.75) is 13.8 Å². The number of carbonyl (C=O) groups is 2. The zero-order chi connectivity index (χ0) is 13.9. The zero-order valence-corrected chi connectivity index (χ0v) is 11.4. The summed E-state index contributed by atoms with van der Waals surface area (Å²) >= 11 is 11.6. The lowest BCUT2D eigenvalue weighted by Crippen LogP contribution is -2.29. The molecule has 1 aromatic rings. The van der Waals surface area contributed by atoms with Crippen LogP contribution in [0, 0.1) is 11.8 Å². The van der Waals surface area contributed by atoms with Crippen molar-refractivity contribution in [1.29, 1.82) is 0 Å². The Morgan fingerprint density at radius 3 is 2.06 bits per heavy atom. The van der Waals surface area contributed by atoms with Gasteiger partial charge in [0.2, 0.25) is 5.91 Å². The SMILES string of the molecule is CC(C(=O)O)C(C)C(=O)Nc1cc(Cl)cc(Cl)c1. The number of carboxylic acids is 1. The molecule has 0 spiro atoms. The maximum absolute atomic E-state index is 11.8. The molecule has 1 rings (SSSR count). The summed E-state index contributed by atoms with van der Waals surface area (Å²) < 4.78 is 0. The van der Waals surface area contributed by atoms with Crippen molar-refractivity contribution in [2.75, 3.05) is 5.32 Å². The van der Waals surface area contributed by atoms with Gasteiger partial charge in [0.05, 0.1) is 5.92 Å². The topological polar surface area (TPSA) is 66.4 Å². The molecule has 98 valence electrons. The minimum absolute atomic E-state index is 0.386. The number of amides is 1. The van der Waals surface area contributed by atoms with Crippen molar-refractivity contribution in [3.05, 3.63) is 28.2 Å². The Hall–Kier alpha value is -1.26. The van der Waals surface area contributed by atoms with E-state index in [1.807, 2.05) is 0 Å². The highest BCUT2D eigenvalue weighted by molar-refractivity contribution is 6.35. The fourth-order valence-electron chi connectivity index (χ4n) is 1.32. The van der Waals surface area contributed by atoms with Gasteiger partial charge in [0.15, 0.2) is 0 Å². The quantitative estimate of drug-likeness (QED) is 0.894. The monoisotopic (exact) mass is 289 g/mol. The summed E-state index contributed by atoms with van der Waals surface area (Å²) in [5.74, 6) is -2.81. The van der Waals surface area contributed by atoms with E-state index in [0.29, 0.717) is 15.7 Å². The molecule has 0 radical (unpaired) electrons. The van der Waals surface area contributed by atoms with Gasteiger partial charge in [-0.2, -0.15) is 0 Å². The van der Waals surface area contributed by atoms with Crippen LogP contribution in [-0.2, 0) is 9.59 Å². The molecule has 18 heavy (non-hydrogen) atoms. The zero-order valence-electron chi connectivity index (χ0n) is 9.91. The molecule has 0 aliphatic heterocycles. The first kappa shape index (κ1) is 14.8. The summed E-state index contributed by atoms with van der Waals surface area (Å²) in [7, 11) is 0. The number of anilines is 1. The van der Waals surface area contributed by atoms with E-state index in [1.165, 1.54) is 6.92 Å². The fourth-order valence-corrected chi connectivity index (χ4v) is 1.85. The molecule has 0 aliphatic carbocycles. The van der Waals surface area contributed by atoms with Crippen molar-refractivity contribution >= 4 is 40.8 Å². The third-order valence-electron chi connectivity index (χ3n) is 2.68. The molecule has 0 bridgehead atoms. The molecule has 1 aromatic carbocycles. The van der Waals surface area contributed by atoms with E-state index < -0.39 is 17.8 Å². The third kappa shape index (κ3) is 3.89. The molecule has 0 aromatic heterocycles. The Kier molecular flexibility index (Phi) is 4.99. The minimum Gasteiger partial charge on any atom is -0.481 e. The second kappa shape index (κ2) is 6.07. The lowest BCUT2D eigenvalue weighted by molar-refractivity contribution is -0.145. The smallest absolute Gasteiger partial charge is 0.307 e. The number of hydrogen-bond donors (Lipinski definition) is 2. The fraction of sp³-hybridized carbons (Fsp3) is 0.333. The molecule has 2 N–H and O–H groups in total. The largest absolute Gasteiger partial charge is 0.481 e. The van der Waals surface area contributed by atoms with E-state index in [2.05, 4.69) is 5.32 Å². The molecule has 1 amide bonds. The van der Waals surface area contributed by atoms with Crippen LogP contribution in [0.1, 0.15) is 13.8 Å². The summed E-state index contributed by atoms with van der Waals surface area (Å²) in [4.78, 5) is 22.6. The molecule has 0 fully saturated rings.